The van der Waals surface area contributed by atoms with Gasteiger partial charge in [-0.25, -0.2) is 18.1 Å². The van der Waals surface area contributed by atoms with Gasteiger partial charge in [0.1, 0.15) is 22.1 Å². The molecule has 1 unspecified atom stereocenters. The first-order valence-corrected chi connectivity index (χ1v) is 9.05. The summed E-state index contributed by atoms with van der Waals surface area (Å²) in [6.07, 6.45) is 1.33. The summed E-state index contributed by atoms with van der Waals surface area (Å²) in [5.74, 6) is 1.42. The minimum atomic E-state index is -3.48. The lowest BCUT2D eigenvalue weighted by molar-refractivity contribution is 0.521. The number of hydrogen-bond acceptors (Lipinski definition) is 5. The lowest BCUT2D eigenvalue weighted by Crippen LogP contribution is -2.18. The summed E-state index contributed by atoms with van der Waals surface area (Å²) in [4.78, 5) is 4.30. The molecule has 0 spiro atoms. The van der Waals surface area contributed by atoms with E-state index in [1.807, 2.05) is 38.1 Å². The summed E-state index contributed by atoms with van der Waals surface area (Å²) >= 11 is 0. The molecular formula is C17H19N3O3S. The monoisotopic (exact) mass is 345 g/mol. The number of aryl methyl sites for hydroxylation is 1. The Morgan fingerprint density at radius 3 is 2.54 bits per heavy atom. The molecule has 1 atom stereocenters. The number of pyridine rings is 1. The van der Waals surface area contributed by atoms with Gasteiger partial charge in [-0.05, 0) is 39.1 Å². The van der Waals surface area contributed by atoms with Gasteiger partial charge in [0.05, 0.1) is 6.04 Å². The summed E-state index contributed by atoms with van der Waals surface area (Å²) in [5, 5.41) is 4.32. The lowest BCUT2D eigenvalue weighted by Gasteiger charge is -2.13. The van der Waals surface area contributed by atoms with Gasteiger partial charge >= 0.3 is 0 Å². The number of para-hydroxylation sites is 1. The minimum absolute atomic E-state index is 0.100. The largest absolute Gasteiger partial charge is 0.459 e. The summed E-state index contributed by atoms with van der Waals surface area (Å²) < 4.78 is 31.6. The number of furan rings is 1. The number of benzene rings is 1. The maximum atomic E-state index is 11.7. The molecule has 2 heterocycles. The van der Waals surface area contributed by atoms with Gasteiger partial charge in [0.25, 0.3) is 0 Å². The molecule has 0 saturated carbocycles. The Hall–Kier alpha value is -2.38. The fourth-order valence-electron chi connectivity index (χ4n) is 2.64. The van der Waals surface area contributed by atoms with E-state index in [2.05, 4.69) is 15.0 Å². The van der Waals surface area contributed by atoms with Crippen LogP contribution in [0.5, 0.6) is 0 Å². The van der Waals surface area contributed by atoms with Crippen molar-refractivity contribution in [2.45, 2.75) is 24.8 Å². The van der Waals surface area contributed by atoms with Crippen LogP contribution in [0.4, 0.5) is 5.82 Å². The van der Waals surface area contributed by atoms with Crippen molar-refractivity contribution >= 4 is 26.8 Å². The van der Waals surface area contributed by atoms with Crippen molar-refractivity contribution in [3.8, 4) is 0 Å². The van der Waals surface area contributed by atoms with Crippen LogP contribution in [0.1, 0.15) is 24.3 Å². The zero-order valence-electron chi connectivity index (χ0n) is 13.7. The van der Waals surface area contributed by atoms with Crippen molar-refractivity contribution in [2.75, 3.05) is 12.4 Å². The predicted octanol–water partition coefficient (Wildman–Crippen LogP) is 3.22. The van der Waals surface area contributed by atoms with Crippen LogP contribution < -0.4 is 10.0 Å². The maximum absolute atomic E-state index is 11.7. The Labute approximate surface area is 141 Å². The molecule has 2 N–H and O–H groups in total. The number of fused-ring (bicyclic) bond motifs is 1. The first-order chi connectivity index (χ1) is 11.4. The SMILES string of the molecule is CNS(=O)(=O)c1ccc(NC(C)c2oc3ccccc3c2C)nc1. The molecule has 3 aromatic rings. The van der Waals surface area contributed by atoms with Crippen LogP contribution in [-0.2, 0) is 10.0 Å². The van der Waals surface area contributed by atoms with E-state index in [0.717, 1.165) is 22.3 Å². The van der Waals surface area contributed by atoms with Crippen LogP contribution in [0, 0.1) is 6.92 Å². The average molecular weight is 345 g/mol. The first kappa shape index (κ1) is 16.5. The topological polar surface area (TPSA) is 84.2 Å². The predicted molar refractivity (Wildman–Crippen MR) is 93.5 cm³/mol. The first-order valence-electron chi connectivity index (χ1n) is 7.56. The standard InChI is InChI=1S/C17H19N3O3S/c1-11-14-6-4-5-7-15(14)23-17(11)12(2)20-16-9-8-13(10-19-16)24(21,22)18-3/h4-10,12,18H,1-3H3,(H,19,20). The van der Waals surface area contributed by atoms with Crippen LogP contribution in [0.2, 0.25) is 0 Å². The number of nitrogens with one attached hydrogen (secondary N) is 2. The van der Waals surface area contributed by atoms with Gasteiger partial charge < -0.3 is 9.73 Å². The second-order valence-corrected chi connectivity index (χ2v) is 7.43. The summed E-state index contributed by atoms with van der Waals surface area (Å²) in [5.41, 5.74) is 1.93. The molecule has 0 amide bonds. The van der Waals surface area contributed by atoms with E-state index in [-0.39, 0.29) is 10.9 Å². The van der Waals surface area contributed by atoms with E-state index in [0.29, 0.717) is 5.82 Å². The van der Waals surface area contributed by atoms with Crippen molar-refractivity contribution in [1.29, 1.82) is 0 Å². The molecule has 126 valence electrons. The summed E-state index contributed by atoms with van der Waals surface area (Å²) in [6.45, 7) is 4.00. The molecule has 1 aromatic carbocycles. The minimum Gasteiger partial charge on any atom is -0.459 e. The van der Waals surface area contributed by atoms with Crippen molar-refractivity contribution in [2.24, 2.45) is 0 Å². The zero-order valence-corrected chi connectivity index (χ0v) is 14.5. The number of sulfonamides is 1. The molecule has 0 fully saturated rings. The number of aromatic nitrogens is 1. The van der Waals surface area contributed by atoms with E-state index < -0.39 is 10.0 Å². The van der Waals surface area contributed by atoms with Gasteiger partial charge in [0, 0.05) is 17.1 Å². The van der Waals surface area contributed by atoms with Gasteiger partial charge in [-0.3, -0.25) is 0 Å². The molecule has 0 radical (unpaired) electrons. The van der Waals surface area contributed by atoms with Crippen LogP contribution >= 0.6 is 0 Å². The third-order valence-corrected chi connectivity index (χ3v) is 5.35. The van der Waals surface area contributed by atoms with Crippen molar-refractivity contribution in [3.63, 3.8) is 0 Å². The van der Waals surface area contributed by atoms with E-state index in [9.17, 15) is 8.42 Å². The van der Waals surface area contributed by atoms with E-state index in [4.69, 9.17) is 4.42 Å². The Balaban J connectivity index is 1.84. The second-order valence-electron chi connectivity index (χ2n) is 5.54. The van der Waals surface area contributed by atoms with Gasteiger partial charge in [-0.2, -0.15) is 0 Å². The number of anilines is 1. The average Bonchev–Trinajstić information content (AvgIpc) is 2.93. The van der Waals surface area contributed by atoms with Crippen LogP contribution in [0.3, 0.4) is 0 Å². The van der Waals surface area contributed by atoms with E-state index in [1.165, 1.54) is 19.3 Å². The van der Waals surface area contributed by atoms with Crippen LogP contribution in [0.25, 0.3) is 11.0 Å². The number of nitrogens with zero attached hydrogens (tertiary/aromatic N) is 1. The van der Waals surface area contributed by atoms with Crippen molar-refractivity contribution in [3.05, 3.63) is 53.9 Å². The molecule has 3 rings (SSSR count). The van der Waals surface area contributed by atoms with Gasteiger partial charge in [-0.1, -0.05) is 18.2 Å². The number of hydrogen-bond donors (Lipinski definition) is 2. The number of rotatable bonds is 5. The third kappa shape index (κ3) is 3.00. The fraction of sp³-hybridized carbons (Fsp3) is 0.235. The van der Waals surface area contributed by atoms with Crippen LogP contribution in [0.15, 0.2) is 51.9 Å². The second kappa shape index (κ2) is 6.26. The molecule has 0 saturated heterocycles. The summed E-state index contributed by atoms with van der Waals surface area (Å²) in [7, 11) is -2.11. The molecule has 0 aliphatic carbocycles. The molecule has 0 aliphatic heterocycles. The summed E-state index contributed by atoms with van der Waals surface area (Å²) in [6, 6.07) is 10.9. The Bertz CT molecular complexity index is 962. The highest BCUT2D eigenvalue weighted by molar-refractivity contribution is 7.89. The Morgan fingerprint density at radius 2 is 1.92 bits per heavy atom. The Kier molecular flexibility index (Phi) is 4.29. The van der Waals surface area contributed by atoms with Crippen molar-refractivity contribution in [1.82, 2.24) is 9.71 Å². The Morgan fingerprint density at radius 1 is 1.17 bits per heavy atom. The molecule has 24 heavy (non-hydrogen) atoms. The van der Waals surface area contributed by atoms with Gasteiger partial charge in [-0.15, -0.1) is 0 Å². The van der Waals surface area contributed by atoms with Gasteiger partial charge in [0.15, 0.2) is 0 Å². The van der Waals surface area contributed by atoms with E-state index >= 15 is 0 Å². The maximum Gasteiger partial charge on any atom is 0.241 e. The van der Waals surface area contributed by atoms with Gasteiger partial charge in [0.2, 0.25) is 10.0 Å². The molecule has 0 bridgehead atoms. The van der Waals surface area contributed by atoms with Crippen molar-refractivity contribution < 1.29 is 12.8 Å². The highest BCUT2D eigenvalue weighted by Crippen LogP contribution is 2.30. The van der Waals surface area contributed by atoms with Crippen LogP contribution in [-0.4, -0.2) is 20.4 Å². The molecule has 7 heteroatoms. The fourth-order valence-corrected chi connectivity index (χ4v) is 3.31. The zero-order chi connectivity index (χ0) is 17.3. The third-order valence-electron chi connectivity index (χ3n) is 3.95. The highest BCUT2D eigenvalue weighted by Gasteiger charge is 2.17. The molecule has 2 aromatic heterocycles. The quantitative estimate of drug-likeness (QED) is 0.742. The molecule has 0 aliphatic rings. The normalized spacial score (nSPS) is 13.1. The lowest BCUT2D eigenvalue weighted by atomic mass is 10.1. The smallest absolute Gasteiger partial charge is 0.241 e. The molecular weight excluding hydrogens is 326 g/mol. The highest BCUT2D eigenvalue weighted by atomic mass is 32.2. The molecule has 6 nitrogen and oxygen atoms in total. The van der Waals surface area contributed by atoms with E-state index in [1.54, 1.807) is 6.07 Å².